The molecule has 8 nitrogen and oxygen atoms in total. The van der Waals surface area contributed by atoms with Crippen LogP contribution in [-0.2, 0) is 12.8 Å². The number of hydrogen-bond donors (Lipinski definition) is 2. The van der Waals surface area contributed by atoms with Gasteiger partial charge in [0.2, 0.25) is 11.6 Å². The Balaban J connectivity index is 1.82. The van der Waals surface area contributed by atoms with Gasteiger partial charge in [-0.05, 0) is 30.5 Å². The van der Waals surface area contributed by atoms with Crippen LogP contribution in [0.4, 0.5) is 11.8 Å². The fourth-order valence-electron chi connectivity index (χ4n) is 2.42. The Kier molecular flexibility index (Phi) is 3.88. The fraction of sp³-hybridized carbons (Fsp3) is 0.267. The number of fused-ring (bicyclic) bond motifs is 1. The van der Waals surface area contributed by atoms with Gasteiger partial charge in [-0.3, -0.25) is 4.40 Å². The van der Waals surface area contributed by atoms with Crippen LogP contribution in [0.25, 0.3) is 5.65 Å². The third-order valence-corrected chi connectivity index (χ3v) is 3.61. The summed E-state index contributed by atoms with van der Waals surface area (Å²) in [6, 6.07) is 5.83. The van der Waals surface area contributed by atoms with Crippen LogP contribution in [0.3, 0.4) is 0 Å². The van der Waals surface area contributed by atoms with E-state index in [1.165, 1.54) is 0 Å². The molecule has 8 heteroatoms. The minimum Gasteiger partial charge on any atom is -0.493 e. The highest BCUT2D eigenvalue weighted by Crippen LogP contribution is 2.28. The number of ether oxygens (including phenoxy) is 2. The molecule has 0 atom stereocenters. The van der Waals surface area contributed by atoms with E-state index in [-0.39, 0.29) is 0 Å². The Morgan fingerprint density at radius 3 is 2.57 bits per heavy atom. The highest BCUT2D eigenvalue weighted by Gasteiger charge is 2.10. The summed E-state index contributed by atoms with van der Waals surface area (Å²) in [4.78, 5) is 4.35. The average Bonchev–Trinajstić information content (AvgIpc) is 2.94. The molecule has 3 rings (SSSR count). The molecule has 2 heterocycles. The Morgan fingerprint density at radius 2 is 1.83 bits per heavy atom. The Bertz CT molecular complexity index is 845. The van der Waals surface area contributed by atoms with Crippen molar-refractivity contribution in [2.24, 2.45) is 0 Å². The molecule has 0 radical (unpaired) electrons. The molecule has 0 aliphatic carbocycles. The lowest BCUT2D eigenvalue weighted by molar-refractivity contribution is 0.354. The molecule has 0 saturated carbocycles. The normalized spacial score (nSPS) is 10.9. The standard InChI is InChI=1S/C15H18N6O2/c1-22-11-6-4-9(7-12(11)23-2)3-5-10-8-21-14(13(16)18-10)19-20-15(21)17/h4,6-8H,3,5H2,1-2H3,(H2,16,18)(H2,17,20). The minimum absolute atomic E-state index is 0.293. The second kappa shape index (κ2) is 5.99. The zero-order valence-corrected chi connectivity index (χ0v) is 13.0. The van der Waals surface area contributed by atoms with Crippen LogP contribution in [0.2, 0.25) is 0 Å². The maximum Gasteiger partial charge on any atom is 0.226 e. The van der Waals surface area contributed by atoms with E-state index in [2.05, 4.69) is 15.2 Å². The number of methoxy groups -OCH3 is 2. The number of benzene rings is 1. The van der Waals surface area contributed by atoms with E-state index >= 15 is 0 Å². The van der Waals surface area contributed by atoms with Crippen LogP contribution in [0, 0.1) is 0 Å². The van der Waals surface area contributed by atoms with Crippen LogP contribution in [0.5, 0.6) is 11.5 Å². The van der Waals surface area contributed by atoms with Gasteiger partial charge < -0.3 is 20.9 Å². The smallest absolute Gasteiger partial charge is 0.226 e. The zero-order valence-electron chi connectivity index (χ0n) is 13.0. The predicted octanol–water partition coefficient (Wildman–Crippen LogP) is 1.09. The van der Waals surface area contributed by atoms with E-state index in [1.54, 1.807) is 18.6 Å². The third kappa shape index (κ3) is 2.83. The summed E-state index contributed by atoms with van der Waals surface area (Å²) >= 11 is 0. The van der Waals surface area contributed by atoms with Crippen LogP contribution < -0.4 is 20.9 Å². The predicted molar refractivity (Wildman–Crippen MR) is 86.6 cm³/mol. The largest absolute Gasteiger partial charge is 0.493 e. The monoisotopic (exact) mass is 314 g/mol. The molecule has 120 valence electrons. The van der Waals surface area contributed by atoms with Crippen molar-refractivity contribution in [1.29, 1.82) is 0 Å². The summed E-state index contributed by atoms with van der Waals surface area (Å²) in [6.45, 7) is 0. The number of rotatable bonds is 5. The van der Waals surface area contributed by atoms with Crippen molar-refractivity contribution >= 4 is 17.4 Å². The number of hydrogen-bond acceptors (Lipinski definition) is 7. The molecule has 0 amide bonds. The second-order valence-electron chi connectivity index (χ2n) is 5.06. The van der Waals surface area contributed by atoms with Gasteiger partial charge in [-0.25, -0.2) is 4.98 Å². The molecular weight excluding hydrogens is 296 g/mol. The first kappa shape index (κ1) is 14.9. The summed E-state index contributed by atoms with van der Waals surface area (Å²) in [6.07, 6.45) is 3.29. The van der Waals surface area contributed by atoms with Crippen LogP contribution in [-0.4, -0.2) is 33.8 Å². The molecule has 1 aromatic carbocycles. The quantitative estimate of drug-likeness (QED) is 0.724. The molecule has 4 N–H and O–H groups in total. The highest BCUT2D eigenvalue weighted by molar-refractivity contribution is 5.61. The van der Waals surface area contributed by atoms with Crippen LogP contribution >= 0.6 is 0 Å². The van der Waals surface area contributed by atoms with Gasteiger partial charge in [0.25, 0.3) is 0 Å². The number of anilines is 2. The van der Waals surface area contributed by atoms with Crippen molar-refractivity contribution in [3.63, 3.8) is 0 Å². The highest BCUT2D eigenvalue weighted by atomic mass is 16.5. The molecule has 0 saturated heterocycles. The third-order valence-electron chi connectivity index (χ3n) is 3.61. The van der Waals surface area contributed by atoms with Crippen molar-refractivity contribution in [2.75, 3.05) is 25.7 Å². The summed E-state index contributed by atoms with van der Waals surface area (Å²) in [7, 11) is 3.23. The van der Waals surface area contributed by atoms with E-state index in [1.807, 2.05) is 24.4 Å². The molecular formula is C15H18N6O2. The number of aromatic nitrogens is 4. The second-order valence-corrected chi connectivity index (χ2v) is 5.06. The lowest BCUT2D eigenvalue weighted by Gasteiger charge is -2.10. The van der Waals surface area contributed by atoms with Crippen molar-refractivity contribution in [1.82, 2.24) is 19.6 Å². The maximum absolute atomic E-state index is 5.90. The lowest BCUT2D eigenvalue weighted by Crippen LogP contribution is -2.04. The summed E-state index contributed by atoms with van der Waals surface area (Å²) in [5, 5.41) is 7.69. The molecule has 0 aliphatic heterocycles. The molecule has 0 unspecified atom stereocenters. The van der Waals surface area contributed by atoms with Gasteiger partial charge in [0, 0.05) is 6.20 Å². The number of aryl methyl sites for hydroxylation is 2. The Morgan fingerprint density at radius 1 is 1.04 bits per heavy atom. The fourth-order valence-corrected chi connectivity index (χ4v) is 2.42. The van der Waals surface area contributed by atoms with Crippen LogP contribution in [0.15, 0.2) is 24.4 Å². The molecule has 0 aliphatic rings. The van der Waals surface area contributed by atoms with Gasteiger partial charge in [0.15, 0.2) is 17.3 Å². The van der Waals surface area contributed by atoms with E-state index in [0.29, 0.717) is 35.3 Å². The summed E-state index contributed by atoms with van der Waals surface area (Å²) in [5.41, 5.74) is 14.1. The van der Waals surface area contributed by atoms with Gasteiger partial charge >= 0.3 is 0 Å². The first-order chi connectivity index (χ1) is 11.1. The van der Waals surface area contributed by atoms with E-state index in [4.69, 9.17) is 20.9 Å². The van der Waals surface area contributed by atoms with Crippen LogP contribution in [0.1, 0.15) is 11.3 Å². The van der Waals surface area contributed by atoms with E-state index in [9.17, 15) is 0 Å². The molecule has 3 aromatic rings. The van der Waals surface area contributed by atoms with Gasteiger partial charge in [-0.15, -0.1) is 10.2 Å². The van der Waals surface area contributed by atoms with Gasteiger partial charge in [-0.1, -0.05) is 6.07 Å². The van der Waals surface area contributed by atoms with Crippen molar-refractivity contribution in [3.8, 4) is 11.5 Å². The average molecular weight is 314 g/mol. The summed E-state index contributed by atoms with van der Waals surface area (Å²) < 4.78 is 12.2. The lowest BCUT2D eigenvalue weighted by atomic mass is 10.1. The van der Waals surface area contributed by atoms with Crippen molar-refractivity contribution < 1.29 is 9.47 Å². The molecule has 23 heavy (non-hydrogen) atoms. The Labute approximate surface area is 133 Å². The number of nitrogens with zero attached hydrogens (tertiary/aromatic N) is 4. The molecule has 0 spiro atoms. The number of nitrogens with two attached hydrogens (primary N) is 2. The zero-order chi connectivity index (χ0) is 16.4. The van der Waals surface area contributed by atoms with Gasteiger partial charge in [0.1, 0.15) is 0 Å². The maximum atomic E-state index is 5.90. The van der Waals surface area contributed by atoms with Gasteiger partial charge in [-0.2, -0.15) is 0 Å². The number of nitrogen functional groups attached to an aromatic ring is 2. The van der Waals surface area contributed by atoms with Crippen molar-refractivity contribution in [3.05, 3.63) is 35.7 Å². The minimum atomic E-state index is 0.293. The van der Waals surface area contributed by atoms with E-state index in [0.717, 1.165) is 17.7 Å². The molecule has 0 bridgehead atoms. The first-order valence-corrected chi connectivity index (χ1v) is 7.09. The molecule has 0 fully saturated rings. The molecule has 2 aromatic heterocycles. The summed E-state index contributed by atoms with van der Waals surface area (Å²) in [5.74, 6) is 2.02. The topological polar surface area (TPSA) is 114 Å². The van der Waals surface area contributed by atoms with E-state index < -0.39 is 0 Å². The van der Waals surface area contributed by atoms with Gasteiger partial charge in [0.05, 0.1) is 19.9 Å². The first-order valence-electron chi connectivity index (χ1n) is 7.09. The Hall–Kier alpha value is -3.03. The SMILES string of the molecule is COc1ccc(CCc2cn3c(N)nnc3c(N)n2)cc1OC. The van der Waals surface area contributed by atoms with Crippen molar-refractivity contribution in [2.45, 2.75) is 12.8 Å².